The Bertz CT molecular complexity index is 245. The number of hydrogen-bond donors (Lipinski definition) is 1. The first-order valence-corrected chi connectivity index (χ1v) is 6.50. The maximum atomic E-state index is 11.9. The number of carbonyl (C=O) groups is 1. The second-order valence-corrected chi connectivity index (χ2v) is 5.01. The van der Waals surface area contributed by atoms with Crippen LogP contribution in [0.4, 0.5) is 4.79 Å². The van der Waals surface area contributed by atoms with Crippen LogP contribution in [-0.2, 0) is 0 Å². The van der Waals surface area contributed by atoms with Gasteiger partial charge < -0.3 is 10.2 Å². The van der Waals surface area contributed by atoms with Crippen molar-refractivity contribution in [1.82, 2.24) is 15.1 Å². The highest BCUT2D eigenvalue weighted by atomic mass is 16.2. The molecule has 2 fully saturated rings. The van der Waals surface area contributed by atoms with Gasteiger partial charge in [0.2, 0.25) is 0 Å². The first-order chi connectivity index (χ1) is 7.70. The Hall–Kier alpha value is -0.770. The second kappa shape index (κ2) is 5.04. The van der Waals surface area contributed by atoms with Crippen molar-refractivity contribution >= 4 is 6.03 Å². The molecule has 1 aliphatic carbocycles. The first kappa shape index (κ1) is 11.7. The fraction of sp³-hybridized carbons (Fsp3) is 0.917. The van der Waals surface area contributed by atoms with Crippen LogP contribution in [0.1, 0.15) is 33.1 Å². The second-order valence-electron chi connectivity index (χ2n) is 5.01. The molecule has 0 aromatic heterocycles. The molecule has 1 atom stereocenters. The molecule has 16 heavy (non-hydrogen) atoms. The van der Waals surface area contributed by atoms with E-state index in [9.17, 15) is 4.79 Å². The van der Waals surface area contributed by atoms with Gasteiger partial charge in [0.05, 0.1) is 0 Å². The van der Waals surface area contributed by atoms with Crippen LogP contribution in [0.5, 0.6) is 0 Å². The van der Waals surface area contributed by atoms with Crippen LogP contribution in [0, 0.1) is 0 Å². The summed E-state index contributed by atoms with van der Waals surface area (Å²) in [7, 11) is 0. The summed E-state index contributed by atoms with van der Waals surface area (Å²) in [5.41, 5.74) is 0. The summed E-state index contributed by atoms with van der Waals surface area (Å²) in [6.45, 7) is 8.03. The number of carbonyl (C=O) groups excluding carboxylic acids is 1. The maximum Gasteiger partial charge on any atom is 0.317 e. The highest BCUT2D eigenvalue weighted by molar-refractivity contribution is 5.74. The van der Waals surface area contributed by atoms with Crippen molar-refractivity contribution in [3.05, 3.63) is 0 Å². The molecule has 2 aliphatic rings. The highest BCUT2D eigenvalue weighted by Crippen LogP contribution is 2.27. The molecule has 1 unspecified atom stereocenters. The summed E-state index contributed by atoms with van der Waals surface area (Å²) < 4.78 is 0. The molecule has 0 bridgehead atoms. The van der Waals surface area contributed by atoms with Gasteiger partial charge in [0.1, 0.15) is 0 Å². The summed E-state index contributed by atoms with van der Waals surface area (Å²) in [5.74, 6) is 0. The third-order valence-electron chi connectivity index (χ3n) is 3.65. The molecule has 1 heterocycles. The minimum Gasteiger partial charge on any atom is -0.336 e. The lowest BCUT2D eigenvalue weighted by Gasteiger charge is -2.35. The van der Waals surface area contributed by atoms with Gasteiger partial charge >= 0.3 is 6.03 Å². The van der Waals surface area contributed by atoms with Gasteiger partial charge in [-0.3, -0.25) is 4.90 Å². The minimum atomic E-state index is 0.116. The molecule has 2 amide bonds. The third kappa shape index (κ3) is 2.88. The molecule has 0 radical (unpaired) electrons. The Labute approximate surface area is 98.0 Å². The lowest BCUT2D eigenvalue weighted by Crippen LogP contribution is -2.53. The summed E-state index contributed by atoms with van der Waals surface area (Å²) >= 11 is 0. The monoisotopic (exact) mass is 225 g/mol. The van der Waals surface area contributed by atoms with E-state index in [0.717, 1.165) is 38.6 Å². The standard InChI is InChI=1S/C12H23N3O/c1-3-10(2)13-12(16)15-8-6-14(7-9-15)11-4-5-11/h10-11H,3-9H2,1-2H3,(H,13,16). The van der Waals surface area contributed by atoms with Crippen molar-refractivity contribution in [2.75, 3.05) is 26.2 Å². The fourth-order valence-electron chi connectivity index (χ4n) is 2.13. The number of piperazine rings is 1. The molecule has 4 nitrogen and oxygen atoms in total. The van der Waals surface area contributed by atoms with Gasteiger partial charge in [0.15, 0.2) is 0 Å². The van der Waals surface area contributed by atoms with Crippen molar-refractivity contribution in [1.29, 1.82) is 0 Å². The van der Waals surface area contributed by atoms with Gasteiger partial charge in [0, 0.05) is 38.3 Å². The Morgan fingerprint density at radius 3 is 2.44 bits per heavy atom. The molecule has 0 aromatic carbocycles. The van der Waals surface area contributed by atoms with Crippen LogP contribution < -0.4 is 5.32 Å². The SMILES string of the molecule is CCC(C)NC(=O)N1CCN(C2CC2)CC1. The van der Waals surface area contributed by atoms with E-state index in [2.05, 4.69) is 24.1 Å². The van der Waals surface area contributed by atoms with E-state index in [1.54, 1.807) is 0 Å². The van der Waals surface area contributed by atoms with Gasteiger partial charge in [-0.2, -0.15) is 0 Å². The largest absolute Gasteiger partial charge is 0.336 e. The molecule has 92 valence electrons. The van der Waals surface area contributed by atoms with Crippen LogP contribution >= 0.6 is 0 Å². The lowest BCUT2D eigenvalue weighted by atomic mass is 10.2. The predicted octanol–water partition coefficient (Wildman–Crippen LogP) is 1.27. The van der Waals surface area contributed by atoms with Crippen LogP contribution in [0.25, 0.3) is 0 Å². The molecule has 1 saturated heterocycles. The maximum absolute atomic E-state index is 11.9. The smallest absolute Gasteiger partial charge is 0.317 e. The van der Waals surface area contributed by atoms with Crippen LogP contribution in [-0.4, -0.2) is 54.1 Å². The zero-order valence-electron chi connectivity index (χ0n) is 10.4. The number of amides is 2. The van der Waals surface area contributed by atoms with Crippen molar-refractivity contribution in [3.63, 3.8) is 0 Å². The van der Waals surface area contributed by atoms with E-state index in [1.165, 1.54) is 12.8 Å². The van der Waals surface area contributed by atoms with E-state index < -0.39 is 0 Å². The van der Waals surface area contributed by atoms with E-state index in [0.29, 0.717) is 0 Å². The first-order valence-electron chi connectivity index (χ1n) is 6.50. The number of rotatable bonds is 3. The van der Waals surface area contributed by atoms with Crippen molar-refractivity contribution < 1.29 is 4.79 Å². The molecule has 4 heteroatoms. The number of nitrogens with one attached hydrogen (secondary N) is 1. The van der Waals surface area contributed by atoms with Gasteiger partial charge in [-0.15, -0.1) is 0 Å². The number of nitrogens with zero attached hydrogens (tertiary/aromatic N) is 2. The Morgan fingerprint density at radius 1 is 1.31 bits per heavy atom. The Morgan fingerprint density at radius 2 is 1.94 bits per heavy atom. The zero-order valence-corrected chi connectivity index (χ0v) is 10.4. The van der Waals surface area contributed by atoms with Gasteiger partial charge in [-0.05, 0) is 26.2 Å². The molecule has 1 N–H and O–H groups in total. The van der Waals surface area contributed by atoms with Gasteiger partial charge in [-0.1, -0.05) is 6.92 Å². The Kier molecular flexibility index (Phi) is 3.69. The summed E-state index contributed by atoms with van der Waals surface area (Å²) in [4.78, 5) is 16.3. The molecule has 1 saturated carbocycles. The molecule has 0 spiro atoms. The predicted molar refractivity (Wildman–Crippen MR) is 64.5 cm³/mol. The van der Waals surface area contributed by atoms with E-state index in [-0.39, 0.29) is 12.1 Å². The summed E-state index contributed by atoms with van der Waals surface area (Å²) in [6, 6.07) is 1.23. The number of urea groups is 1. The van der Waals surface area contributed by atoms with Crippen molar-refractivity contribution in [2.24, 2.45) is 0 Å². The highest BCUT2D eigenvalue weighted by Gasteiger charge is 2.32. The van der Waals surface area contributed by atoms with Crippen LogP contribution in [0.3, 0.4) is 0 Å². The van der Waals surface area contributed by atoms with Crippen LogP contribution in [0.2, 0.25) is 0 Å². The molecular weight excluding hydrogens is 202 g/mol. The minimum absolute atomic E-state index is 0.116. The molecule has 0 aromatic rings. The average molecular weight is 225 g/mol. The van der Waals surface area contributed by atoms with E-state index in [4.69, 9.17) is 0 Å². The Balaban J connectivity index is 1.72. The summed E-state index contributed by atoms with van der Waals surface area (Å²) in [6.07, 6.45) is 3.71. The quantitative estimate of drug-likeness (QED) is 0.785. The van der Waals surface area contributed by atoms with Crippen LogP contribution in [0.15, 0.2) is 0 Å². The number of hydrogen-bond acceptors (Lipinski definition) is 2. The van der Waals surface area contributed by atoms with Crippen molar-refractivity contribution in [3.8, 4) is 0 Å². The summed E-state index contributed by atoms with van der Waals surface area (Å²) in [5, 5.41) is 3.03. The average Bonchev–Trinajstić information content (AvgIpc) is 3.13. The third-order valence-corrected chi connectivity index (χ3v) is 3.65. The van der Waals surface area contributed by atoms with Gasteiger partial charge in [0.25, 0.3) is 0 Å². The topological polar surface area (TPSA) is 35.6 Å². The van der Waals surface area contributed by atoms with Crippen molar-refractivity contribution in [2.45, 2.75) is 45.2 Å². The molecule has 1 aliphatic heterocycles. The fourth-order valence-corrected chi connectivity index (χ4v) is 2.13. The normalized spacial score (nSPS) is 24.2. The molecular formula is C12H23N3O. The lowest BCUT2D eigenvalue weighted by molar-refractivity contribution is 0.133. The zero-order chi connectivity index (χ0) is 11.5. The van der Waals surface area contributed by atoms with Gasteiger partial charge in [-0.25, -0.2) is 4.79 Å². The van der Waals surface area contributed by atoms with E-state index in [1.807, 2.05) is 4.90 Å². The molecule has 2 rings (SSSR count). The van der Waals surface area contributed by atoms with E-state index >= 15 is 0 Å².